The third kappa shape index (κ3) is 3.56. The van der Waals surface area contributed by atoms with Crippen molar-refractivity contribution < 1.29 is 9.84 Å². The molecule has 1 N–H and O–H groups in total. The molecule has 1 heterocycles. The highest BCUT2D eigenvalue weighted by atomic mass is 16.5. The van der Waals surface area contributed by atoms with Crippen molar-refractivity contribution in [3.05, 3.63) is 35.4 Å². The molecular weight excluding hydrogens is 224 g/mol. The third-order valence-corrected chi connectivity index (χ3v) is 3.94. The monoisotopic (exact) mass is 248 g/mol. The van der Waals surface area contributed by atoms with Crippen molar-refractivity contribution in [2.75, 3.05) is 6.61 Å². The summed E-state index contributed by atoms with van der Waals surface area (Å²) in [5.41, 5.74) is 2.67. The molecule has 3 atom stereocenters. The predicted molar refractivity (Wildman–Crippen MR) is 73.6 cm³/mol. The number of hydrogen-bond donors (Lipinski definition) is 1. The third-order valence-electron chi connectivity index (χ3n) is 3.94. The van der Waals surface area contributed by atoms with Gasteiger partial charge in [-0.15, -0.1) is 0 Å². The van der Waals surface area contributed by atoms with Crippen LogP contribution < -0.4 is 0 Å². The lowest BCUT2D eigenvalue weighted by Crippen LogP contribution is -2.19. The fraction of sp³-hybridized carbons (Fsp3) is 0.625. The summed E-state index contributed by atoms with van der Waals surface area (Å²) in [5, 5.41) is 9.55. The Balaban J connectivity index is 1.91. The molecule has 0 radical (unpaired) electrons. The number of hydrogen-bond acceptors (Lipinski definition) is 2. The van der Waals surface area contributed by atoms with Crippen LogP contribution in [0.2, 0.25) is 0 Å². The lowest BCUT2D eigenvalue weighted by Gasteiger charge is -2.19. The minimum absolute atomic E-state index is 0.253. The predicted octanol–water partition coefficient (Wildman–Crippen LogP) is 3.10. The van der Waals surface area contributed by atoms with Crippen LogP contribution in [0.15, 0.2) is 24.3 Å². The molecule has 0 aromatic heterocycles. The van der Waals surface area contributed by atoms with Crippen molar-refractivity contribution in [1.82, 2.24) is 0 Å². The molecule has 3 unspecified atom stereocenters. The molecule has 1 aromatic rings. The fourth-order valence-electron chi connectivity index (χ4n) is 2.80. The van der Waals surface area contributed by atoms with Gasteiger partial charge in [-0.25, -0.2) is 0 Å². The van der Waals surface area contributed by atoms with Crippen molar-refractivity contribution in [2.24, 2.45) is 5.92 Å². The van der Waals surface area contributed by atoms with Crippen molar-refractivity contribution in [2.45, 2.75) is 51.7 Å². The number of aliphatic hydroxyl groups is 1. The van der Waals surface area contributed by atoms with Crippen LogP contribution in [0.3, 0.4) is 0 Å². The lowest BCUT2D eigenvalue weighted by molar-refractivity contribution is 0.0338. The van der Waals surface area contributed by atoms with E-state index in [0.717, 1.165) is 25.7 Å². The van der Waals surface area contributed by atoms with Gasteiger partial charge in [-0.2, -0.15) is 0 Å². The highest BCUT2D eigenvalue weighted by Crippen LogP contribution is 2.26. The molecule has 2 heteroatoms. The Morgan fingerprint density at radius 2 is 2.11 bits per heavy atom. The van der Waals surface area contributed by atoms with Crippen LogP contribution in [0.5, 0.6) is 0 Å². The normalized spacial score (nSPS) is 25.3. The molecule has 100 valence electrons. The van der Waals surface area contributed by atoms with Crippen LogP contribution in [-0.2, 0) is 11.2 Å². The van der Waals surface area contributed by atoms with Crippen molar-refractivity contribution >= 4 is 0 Å². The highest BCUT2D eigenvalue weighted by molar-refractivity contribution is 5.25. The van der Waals surface area contributed by atoms with Crippen LogP contribution in [0.4, 0.5) is 0 Å². The van der Waals surface area contributed by atoms with Gasteiger partial charge in [0.2, 0.25) is 0 Å². The second-order valence-electron chi connectivity index (χ2n) is 5.56. The molecule has 2 nitrogen and oxygen atoms in total. The van der Waals surface area contributed by atoms with E-state index in [1.165, 1.54) is 11.1 Å². The zero-order valence-electron chi connectivity index (χ0n) is 11.4. The van der Waals surface area contributed by atoms with E-state index in [4.69, 9.17) is 4.74 Å². The van der Waals surface area contributed by atoms with Gasteiger partial charge in [-0.1, -0.05) is 24.3 Å². The van der Waals surface area contributed by atoms with Gasteiger partial charge in [-0.05, 0) is 56.6 Å². The number of rotatable bonds is 5. The number of aliphatic hydroxyl groups excluding tert-OH is 1. The van der Waals surface area contributed by atoms with E-state index in [9.17, 15) is 5.11 Å². The fourth-order valence-corrected chi connectivity index (χ4v) is 2.80. The Labute approximate surface area is 110 Å². The van der Waals surface area contributed by atoms with Gasteiger partial charge in [0.15, 0.2) is 0 Å². The topological polar surface area (TPSA) is 29.5 Å². The van der Waals surface area contributed by atoms with E-state index in [-0.39, 0.29) is 6.61 Å². The summed E-state index contributed by atoms with van der Waals surface area (Å²) in [6.07, 6.45) is 4.99. The quantitative estimate of drug-likeness (QED) is 0.867. The van der Waals surface area contributed by atoms with Crippen LogP contribution in [0, 0.1) is 12.8 Å². The van der Waals surface area contributed by atoms with Crippen LogP contribution in [0.1, 0.15) is 37.3 Å². The van der Waals surface area contributed by atoms with Gasteiger partial charge in [-0.3, -0.25) is 0 Å². The molecule has 1 aromatic carbocycles. The van der Waals surface area contributed by atoms with E-state index >= 15 is 0 Å². The first-order chi connectivity index (χ1) is 8.69. The maximum Gasteiger partial charge on any atom is 0.0583 e. The van der Waals surface area contributed by atoms with Gasteiger partial charge in [0, 0.05) is 6.61 Å². The van der Waals surface area contributed by atoms with Crippen LogP contribution >= 0.6 is 0 Å². The largest absolute Gasteiger partial charge is 0.396 e. The Kier molecular flexibility index (Phi) is 4.79. The minimum Gasteiger partial charge on any atom is -0.396 e. The summed E-state index contributed by atoms with van der Waals surface area (Å²) in [5.74, 6) is 0.321. The van der Waals surface area contributed by atoms with E-state index in [1.54, 1.807) is 0 Å². The van der Waals surface area contributed by atoms with Gasteiger partial charge in [0.05, 0.1) is 12.2 Å². The molecule has 0 bridgehead atoms. The molecule has 0 amide bonds. The number of ether oxygens (including phenoxy) is 1. The summed E-state index contributed by atoms with van der Waals surface area (Å²) in [4.78, 5) is 0. The average Bonchev–Trinajstić information content (AvgIpc) is 2.76. The average molecular weight is 248 g/mol. The lowest BCUT2D eigenvalue weighted by atomic mass is 9.91. The first-order valence-electron chi connectivity index (χ1n) is 7.00. The molecule has 0 saturated carbocycles. The molecular formula is C16H24O2. The summed E-state index contributed by atoms with van der Waals surface area (Å²) in [6, 6.07) is 8.44. The van der Waals surface area contributed by atoms with Crippen molar-refractivity contribution in [3.63, 3.8) is 0 Å². The van der Waals surface area contributed by atoms with E-state index in [0.29, 0.717) is 18.1 Å². The Morgan fingerprint density at radius 3 is 2.72 bits per heavy atom. The molecule has 1 aliphatic heterocycles. The maximum absolute atomic E-state index is 9.55. The number of aryl methyl sites for hydroxylation is 1. The summed E-state index contributed by atoms with van der Waals surface area (Å²) >= 11 is 0. The molecule has 0 spiro atoms. The summed E-state index contributed by atoms with van der Waals surface area (Å²) in [7, 11) is 0. The molecule has 2 rings (SSSR count). The zero-order valence-corrected chi connectivity index (χ0v) is 11.4. The molecule has 1 saturated heterocycles. The first kappa shape index (κ1) is 13.6. The molecule has 1 aliphatic rings. The summed E-state index contributed by atoms with van der Waals surface area (Å²) < 4.78 is 5.85. The van der Waals surface area contributed by atoms with Gasteiger partial charge in [0.1, 0.15) is 0 Å². The SMILES string of the molecule is Cc1ccccc1CC(CO)CC1CCC(C)O1. The second kappa shape index (κ2) is 6.35. The Hall–Kier alpha value is -0.860. The number of benzene rings is 1. The first-order valence-corrected chi connectivity index (χ1v) is 7.00. The van der Waals surface area contributed by atoms with Crippen LogP contribution in [-0.4, -0.2) is 23.9 Å². The molecule has 1 fully saturated rings. The molecule has 0 aliphatic carbocycles. The van der Waals surface area contributed by atoms with E-state index < -0.39 is 0 Å². The highest BCUT2D eigenvalue weighted by Gasteiger charge is 2.24. The standard InChI is InChI=1S/C16H24O2/c1-12-5-3-4-6-15(12)9-14(11-17)10-16-8-7-13(2)18-16/h3-6,13-14,16-17H,7-11H2,1-2H3. The van der Waals surface area contributed by atoms with Gasteiger partial charge in [0.25, 0.3) is 0 Å². The Morgan fingerprint density at radius 1 is 1.33 bits per heavy atom. The maximum atomic E-state index is 9.55. The second-order valence-corrected chi connectivity index (χ2v) is 5.56. The smallest absolute Gasteiger partial charge is 0.0583 e. The van der Waals surface area contributed by atoms with Gasteiger partial charge < -0.3 is 9.84 Å². The minimum atomic E-state index is 0.253. The van der Waals surface area contributed by atoms with E-state index in [2.05, 4.69) is 38.1 Å². The van der Waals surface area contributed by atoms with Crippen LogP contribution in [0.25, 0.3) is 0 Å². The Bertz CT molecular complexity index is 375. The van der Waals surface area contributed by atoms with E-state index in [1.807, 2.05) is 0 Å². The van der Waals surface area contributed by atoms with Crippen molar-refractivity contribution in [1.29, 1.82) is 0 Å². The summed E-state index contributed by atoms with van der Waals surface area (Å²) in [6.45, 7) is 4.52. The van der Waals surface area contributed by atoms with Crippen molar-refractivity contribution in [3.8, 4) is 0 Å². The zero-order chi connectivity index (χ0) is 13.0. The molecule has 18 heavy (non-hydrogen) atoms. The van der Waals surface area contributed by atoms with Gasteiger partial charge >= 0.3 is 0 Å².